The zero-order valence-corrected chi connectivity index (χ0v) is 13.4. The predicted octanol–water partition coefficient (Wildman–Crippen LogP) is 3.81. The lowest BCUT2D eigenvalue weighted by Gasteiger charge is -2.07. The van der Waals surface area contributed by atoms with Crippen LogP contribution in [0.2, 0.25) is 0 Å². The van der Waals surface area contributed by atoms with Crippen LogP contribution in [0.25, 0.3) is 11.6 Å². The Morgan fingerprint density at radius 2 is 2.11 bits per heavy atom. The average Bonchev–Trinajstić information content (AvgIpc) is 2.93. The van der Waals surface area contributed by atoms with Crippen LogP contribution in [0.4, 0.5) is 5.82 Å². The van der Waals surface area contributed by atoms with Gasteiger partial charge in [0, 0.05) is 13.0 Å². The van der Waals surface area contributed by atoms with Crippen LogP contribution in [0.3, 0.4) is 0 Å². The van der Waals surface area contributed by atoms with Crippen LogP contribution in [-0.4, -0.2) is 17.0 Å². The molecule has 0 amide bonds. The highest BCUT2D eigenvalue weighted by Crippen LogP contribution is 2.47. The summed E-state index contributed by atoms with van der Waals surface area (Å²) in [6, 6.07) is 4.03. The van der Waals surface area contributed by atoms with E-state index in [2.05, 4.69) is 50.9 Å². The van der Waals surface area contributed by atoms with Crippen molar-refractivity contribution in [2.45, 2.75) is 26.2 Å². The van der Waals surface area contributed by atoms with Gasteiger partial charge in [-0.2, -0.15) is 0 Å². The monoisotopic (exact) mass is 369 g/mol. The molecule has 1 aliphatic rings. The third kappa shape index (κ3) is 2.35. The Labute approximate surface area is 126 Å². The van der Waals surface area contributed by atoms with Gasteiger partial charge >= 0.3 is 0 Å². The van der Waals surface area contributed by atoms with Gasteiger partial charge in [0.2, 0.25) is 0 Å². The van der Waals surface area contributed by atoms with Crippen LogP contribution in [0.5, 0.6) is 0 Å². The Kier molecular flexibility index (Phi) is 3.24. The van der Waals surface area contributed by atoms with E-state index in [1.54, 1.807) is 0 Å². The molecule has 2 aromatic heterocycles. The Balaban J connectivity index is 1.97. The lowest BCUT2D eigenvalue weighted by Crippen LogP contribution is -2.02. The molecule has 1 saturated carbocycles. The average molecular weight is 369 g/mol. The fourth-order valence-electron chi connectivity index (χ4n) is 2.23. The van der Waals surface area contributed by atoms with Crippen LogP contribution in [0, 0.1) is 16.4 Å². The molecular weight excluding hydrogens is 353 g/mol. The van der Waals surface area contributed by atoms with E-state index in [9.17, 15) is 0 Å². The van der Waals surface area contributed by atoms with Crippen molar-refractivity contribution in [1.29, 1.82) is 0 Å². The fourth-order valence-corrected chi connectivity index (χ4v) is 2.74. The maximum Gasteiger partial charge on any atom is 0.197 e. The minimum absolute atomic E-state index is 0.586. The van der Waals surface area contributed by atoms with Crippen molar-refractivity contribution in [1.82, 2.24) is 9.97 Å². The molecule has 5 heteroatoms. The van der Waals surface area contributed by atoms with Crippen molar-refractivity contribution in [3.63, 3.8) is 0 Å². The first-order chi connectivity index (χ1) is 9.10. The van der Waals surface area contributed by atoms with Crippen LogP contribution in [-0.2, 0) is 0 Å². The smallest absolute Gasteiger partial charge is 0.197 e. The van der Waals surface area contributed by atoms with Gasteiger partial charge in [0.05, 0.1) is 9.26 Å². The van der Waals surface area contributed by atoms with E-state index in [4.69, 9.17) is 4.42 Å². The third-order valence-corrected chi connectivity index (χ3v) is 4.87. The molecule has 1 fully saturated rings. The van der Waals surface area contributed by atoms with E-state index < -0.39 is 0 Å². The molecule has 0 spiro atoms. The van der Waals surface area contributed by atoms with Gasteiger partial charge in [-0.25, -0.2) is 9.97 Å². The zero-order chi connectivity index (χ0) is 13.6. The number of halogens is 1. The van der Waals surface area contributed by atoms with Gasteiger partial charge in [0.1, 0.15) is 11.6 Å². The first-order valence-electron chi connectivity index (χ1n) is 6.42. The minimum atomic E-state index is 0.586. The first kappa shape index (κ1) is 12.9. The normalized spacial score (nSPS) is 21.5. The number of furan rings is 1. The van der Waals surface area contributed by atoms with Crippen LogP contribution in [0.1, 0.15) is 30.7 Å². The molecule has 2 heterocycles. The Bertz CT molecular complexity index is 623. The minimum Gasteiger partial charge on any atom is -0.457 e. The van der Waals surface area contributed by atoms with Gasteiger partial charge in [-0.15, -0.1) is 0 Å². The highest BCUT2D eigenvalue weighted by atomic mass is 127. The van der Waals surface area contributed by atoms with Gasteiger partial charge in [-0.1, -0.05) is 6.92 Å². The molecular formula is C14H16IN3O. The van der Waals surface area contributed by atoms with Crippen LogP contribution < -0.4 is 5.32 Å². The molecule has 0 aromatic carbocycles. The standard InChI is InChI=1S/C14H16IN3O/c1-7-6-9(7)10-4-5-11(19-10)13-17-8(2)12(15)14(16-3)18-13/h4-5,7,9H,6H2,1-3H3,(H,16,17,18). The van der Waals surface area contributed by atoms with Crippen molar-refractivity contribution in [2.75, 3.05) is 12.4 Å². The summed E-state index contributed by atoms with van der Waals surface area (Å²) in [7, 11) is 1.87. The largest absolute Gasteiger partial charge is 0.457 e. The van der Waals surface area contributed by atoms with Gasteiger partial charge in [-0.3, -0.25) is 0 Å². The molecule has 2 aromatic rings. The second kappa shape index (κ2) is 4.77. The molecule has 2 atom stereocenters. The third-order valence-electron chi connectivity index (χ3n) is 3.58. The van der Waals surface area contributed by atoms with Gasteiger partial charge in [0.15, 0.2) is 11.6 Å². The number of rotatable bonds is 3. The summed E-state index contributed by atoms with van der Waals surface area (Å²) >= 11 is 2.25. The van der Waals surface area contributed by atoms with Crippen molar-refractivity contribution in [3.05, 3.63) is 27.2 Å². The number of aryl methyl sites for hydroxylation is 1. The van der Waals surface area contributed by atoms with E-state index in [1.807, 2.05) is 20.0 Å². The number of hydrogen-bond donors (Lipinski definition) is 1. The molecule has 0 saturated heterocycles. The second-order valence-corrected chi connectivity index (χ2v) is 6.15. The molecule has 3 rings (SSSR count). The van der Waals surface area contributed by atoms with Crippen molar-refractivity contribution >= 4 is 28.4 Å². The maximum atomic E-state index is 5.90. The van der Waals surface area contributed by atoms with Crippen molar-refractivity contribution < 1.29 is 4.42 Å². The second-order valence-electron chi connectivity index (χ2n) is 5.07. The molecule has 0 bridgehead atoms. The lowest BCUT2D eigenvalue weighted by molar-refractivity contribution is 0.515. The van der Waals surface area contributed by atoms with Crippen LogP contribution >= 0.6 is 22.6 Å². The lowest BCUT2D eigenvalue weighted by atomic mass is 10.3. The number of nitrogens with zero attached hydrogens (tertiary/aromatic N) is 2. The van der Waals surface area contributed by atoms with E-state index >= 15 is 0 Å². The van der Waals surface area contributed by atoms with Gasteiger partial charge in [0.25, 0.3) is 0 Å². The Hall–Kier alpha value is -1.11. The molecule has 4 nitrogen and oxygen atoms in total. The number of hydrogen-bond acceptors (Lipinski definition) is 4. The topological polar surface area (TPSA) is 51.0 Å². The summed E-state index contributed by atoms with van der Waals surface area (Å²) in [5, 5.41) is 3.09. The number of anilines is 1. The van der Waals surface area contributed by atoms with Crippen LogP contribution in [0.15, 0.2) is 16.5 Å². The highest BCUT2D eigenvalue weighted by Gasteiger charge is 2.36. The summed E-state index contributed by atoms with van der Waals surface area (Å²) in [5.41, 5.74) is 0.965. The highest BCUT2D eigenvalue weighted by molar-refractivity contribution is 14.1. The molecule has 19 heavy (non-hydrogen) atoms. The summed E-state index contributed by atoms with van der Waals surface area (Å²) in [5.74, 6) is 4.65. The van der Waals surface area contributed by atoms with Crippen molar-refractivity contribution in [2.24, 2.45) is 5.92 Å². The number of aromatic nitrogens is 2. The maximum absolute atomic E-state index is 5.90. The SMILES string of the molecule is CNc1nc(-c2ccc(C3CC3C)o2)nc(C)c1I. The van der Waals surface area contributed by atoms with E-state index in [1.165, 1.54) is 6.42 Å². The number of nitrogens with one attached hydrogen (secondary N) is 1. The Morgan fingerprint density at radius 1 is 1.37 bits per heavy atom. The first-order valence-corrected chi connectivity index (χ1v) is 7.50. The zero-order valence-electron chi connectivity index (χ0n) is 11.2. The predicted molar refractivity (Wildman–Crippen MR) is 83.3 cm³/mol. The molecule has 1 N–H and O–H groups in total. The quantitative estimate of drug-likeness (QED) is 0.836. The molecule has 0 radical (unpaired) electrons. The molecule has 0 aliphatic heterocycles. The fraction of sp³-hybridized carbons (Fsp3) is 0.429. The summed E-state index contributed by atoms with van der Waals surface area (Å²) in [6.45, 7) is 4.23. The van der Waals surface area contributed by atoms with E-state index in [-0.39, 0.29) is 0 Å². The summed E-state index contributed by atoms with van der Waals surface area (Å²) in [6.07, 6.45) is 1.22. The van der Waals surface area contributed by atoms with Gasteiger partial charge < -0.3 is 9.73 Å². The summed E-state index contributed by atoms with van der Waals surface area (Å²) in [4.78, 5) is 9.02. The Morgan fingerprint density at radius 3 is 2.74 bits per heavy atom. The summed E-state index contributed by atoms with van der Waals surface area (Å²) < 4.78 is 6.95. The van der Waals surface area contributed by atoms with E-state index in [0.29, 0.717) is 11.7 Å². The van der Waals surface area contributed by atoms with Gasteiger partial charge in [-0.05, 0) is 54.0 Å². The van der Waals surface area contributed by atoms with E-state index in [0.717, 1.165) is 32.5 Å². The molecule has 100 valence electrons. The molecule has 2 unspecified atom stereocenters. The van der Waals surface area contributed by atoms with Crippen molar-refractivity contribution in [3.8, 4) is 11.6 Å². The molecule has 1 aliphatic carbocycles.